The largest absolute Gasteiger partial charge is 0.292 e. The number of nitrogens with zero attached hydrogens (tertiary/aromatic N) is 2. The van der Waals surface area contributed by atoms with Crippen molar-refractivity contribution in [3.05, 3.63) is 59.9 Å². The Morgan fingerprint density at radius 3 is 2.41 bits per heavy atom. The van der Waals surface area contributed by atoms with E-state index in [-0.39, 0.29) is 0 Å². The van der Waals surface area contributed by atoms with Crippen LogP contribution >= 0.6 is 10.0 Å². The molecule has 0 atom stereocenters. The topological polar surface area (TPSA) is 17.3 Å². The molecule has 3 heteroatoms. The van der Waals surface area contributed by atoms with Gasteiger partial charge in [-0.15, -0.1) is 0 Å². The maximum Gasteiger partial charge on any atom is 0.138 e. The molecule has 22 heavy (non-hydrogen) atoms. The van der Waals surface area contributed by atoms with Crippen molar-refractivity contribution in [3.63, 3.8) is 0 Å². The van der Waals surface area contributed by atoms with Gasteiger partial charge in [-0.3, -0.25) is 4.40 Å². The van der Waals surface area contributed by atoms with E-state index >= 15 is 0 Å². The van der Waals surface area contributed by atoms with Crippen molar-refractivity contribution in [2.24, 2.45) is 0 Å². The molecule has 112 valence electrons. The first kappa shape index (κ1) is 14.7. The molecule has 0 amide bonds. The molecule has 0 aliphatic carbocycles. The van der Waals surface area contributed by atoms with Crippen molar-refractivity contribution in [1.29, 1.82) is 0 Å². The van der Waals surface area contributed by atoms with E-state index in [1.165, 1.54) is 5.56 Å². The Morgan fingerprint density at radius 2 is 1.73 bits per heavy atom. The molecule has 0 radical (unpaired) electrons. The summed E-state index contributed by atoms with van der Waals surface area (Å²) in [4.78, 5) is 4.78. The molecule has 0 fully saturated rings. The summed E-state index contributed by atoms with van der Waals surface area (Å²) >= 11 is 0. The molecular formula is C19H20N2S. The van der Waals surface area contributed by atoms with E-state index in [0.29, 0.717) is 0 Å². The summed E-state index contributed by atoms with van der Waals surface area (Å²) in [5.41, 5.74) is 5.23. The molecule has 0 unspecified atom stereocenters. The third-order valence-corrected chi connectivity index (χ3v) is 4.04. The molecule has 2 nitrogen and oxygen atoms in total. The highest BCUT2D eigenvalue weighted by Gasteiger charge is 2.12. The van der Waals surface area contributed by atoms with Crippen LogP contribution in [0.3, 0.4) is 0 Å². The Kier molecular flexibility index (Phi) is 3.72. The first-order chi connectivity index (χ1) is 10.4. The predicted molar refractivity (Wildman–Crippen MR) is 97.6 cm³/mol. The molecule has 0 bridgehead atoms. The molecule has 0 aliphatic rings. The number of aromatic nitrogens is 2. The predicted octanol–water partition coefficient (Wildman–Crippen LogP) is 4.31. The summed E-state index contributed by atoms with van der Waals surface area (Å²) in [6.07, 6.45) is 8.64. The van der Waals surface area contributed by atoms with Gasteiger partial charge in [0.15, 0.2) is 0 Å². The third kappa shape index (κ3) is 3.03. The van der Waals surface area contributed by atoms with Crippen LogP contribution in [0.4, 0.5) is 0 Å². The minimum Gasteiger partial charge on any atom is -0.292 e. The lowest BCUT2D eigenvalue weighted by Gasteiger charge is -2.14. The number of hydrogen-bond acceptors (Lipinski definition) is 1. The van der Waals surface area contributed by atoms with Crippen molar-refractivity contribution < 1.29 is 0 Å². The average molecular weight is 308 g/mol. The molecule has 0 aliphatic heterocycles. The molecule has 1 aromatic carbocycles. The monoisotopic (exact) mass is 308 g/mol. The molecule has 0 spiro atoms. The lowest BCUT2D eigenvalue weighted by molar-refractivity contribution is 1.16. The number of rotatable bonds is 1. The minimum atomic E-state index is -0.877. The van der Waals surface area contributed by atoms with E-state index in [9.17, 15) is 0 Å². The van der Waals surface area contributed by atoms with Crippen LogP contribution in [-0.4, -0.2) is 28.2 Å². The summed E-state index contributed by atoms with van der Waals surface area (Å²) in [6, 6.07) is 14.5. The van der Waals surface area contributed by atoms with Gasteiger partial charge in [-0.05, 0) is 49.0 Å². The van der Waals surface area contributed by atoms with Crippen LogP contribution in [-0.2, 0) is 0 Å². The quantitative estimate of drug-likeness (QED) is 0.612. The van der Waals surface area contributed by atoms with Gasteiger partial charge in [0.1, 0.15) is 17.0 Å². The summed E-state index contributed by atoms with van der Waals surface area (Å²) < 4.78 is 2.08. The zero-order valence-corrected chi connectivity index (χ0v) is 14.2. The van der Waals surface area contributed by atoms with Crippen LogP contribution in [0.15, 0.2) is 48.7 Å². The second-order valence-corrected chi connectivity index (χ2v) is 10.0. The van der Waals surface area contributed by atoms with Gasteiger partial charge in [0.25, 0.3) is 0 Å². The fraction of sp³-hybridized carbons (Fsp3) is 0.211. The Balaban J connectivity index is 2.24. The lowest BCUT2D eigenvalue weighted by atomic mass is 10.1. The van der Waals surface area contributed by atoms with Crippen molar-refractivity contribution in [2.75, 3.05) is 18.8 Å². The number of imidazole rings is 1. The molecule has 3 rings (SSSR count). The molecule has 2 heterocycles. The number of hydrogen-bond donors (Lipinski definition) is 0. The van der Waals surface area contributed by atoms with Gasteiger partial charge < -0.3 is 0 Å². The van der Waals surface area contributed by atoms with Gasteiger partial charge >= 0.3 is 0 Å². The minimum absolute atomic E-state index is 0.877. The van der Waals surface area contributed by atoms with Gasteiger partial charge in [-0.1, -0.05) is 35.9 Å². The zero-order valence-electron chi connectivity index (χ0n) is 13.4. The van der Waals surface area contributed by atoms with Gasteiger partial charge in [-0.2, -0.15) is 10.0 Å². The Bertz CT molecular complexity index is 872. The average Bonchev–Trinajstić information content (AvgIpc) is 2.84. The number of pyridine rings is 1. The molecule has 0 N–H and O–H groups in total. The second kappa shape index (κ2) is 5.55. The van der Waals surface area contributed by atoms with Crippen LogP contribution < -0.4 is 0 Å². The fourth-order valence-corrected chi connectivity index (χ4v) is 2.63. The van der Waals surface area contributed by atoms with Gasteiger partial charge in [0.05, 0.1) is 0 Å². The van der Waals surface area contributed by atoms with Crippen LogP contribution in [0.25, 0.3) is 16.9 Å². The summed E-state index contributed by atoms with van der Waals surface area (Å²) in [5, 5.41) is 3.41. The molecular weight excluding hydrogens is 288 g/mol. The van der Waals surface area contributed by atoms with Gasteiger partial charge in [-0.25, -0.2) is 4.98 Å². The van der Waals surface area contributed by atoms with Crippen molar-refractivity contribution in [1.82, 2.24) is 9.38 Å². The SMILES string of the molecule is Cc1ccc(-c2nc3ccccn3c2C#CS(C)(C)C)cc1. The van der Waals surface area contributed by atoms with Crippen LogP contribution in [0.5, 0.6) is 0 Å². The number of aryl methyl sites for hydroxylation is 1. The van der Waals surface area contributed by atoms with Crippen LogP contribution in [0.2, 0.25) is 0 Å². The second-order valence-electron chi connectivity index (χ2n) is 6.17. The first-order valence-electron chi connectivity index (χ1n) is 7.19. The molecule has 2 aromatic heterocycles. The Labute approximate surface area is 133 Å². The van der Waals surface area contributed by atoms with Crippen molar-refractivity contribution in [2.45, 2.75) is 6.92 Å². The van der Waals surface area contributed by atoms with Gasteiger partial charge in [0.2, 0.25) is 0 Å². The van der Waals surface area contributed by atoms with Crippen molar-refractivity contribution in [3.8, 4) is 22.4 Å². The lowest BCUT2D eigenvalue weighted by Crippen LogP contribution is -1.91. The summed E-state index contributed by atoms with van der Waals surface area (Å²) in [5.74, 6) is 3.38. The van der Waals surface area contributed by atoms with E-state index in [4.69, 9.17) is 4.98 Å². The molecule has 0 saturated carbocycles. The number of fused-ring (bicyclic) bond motifs is 1. The van der Waals surface area contributed by atoms with E-state index in [2.05, 4.69) is 65.5 Å². The van der Waals surface area contributed by atoms with E-state index in [0.717, 1.165) is 22.6 Å². The Morgan fingerprint density at radius 1 is 1.00 bits per heavy atom. The normalized spacial score (nSPS) is 12.0. The third-order valence-electron chi connectivity index (χ3n) is 3.33. The maximum absolute atomic E-state index is 4.78. The standard InChI is InChI=1S/C19H20N2S/c1-15-8-10-16(11-9-15)19-17(12-14-22(2,3)4)21-13-6-5-7-18(21)20-19/h5-11,13H,1-4H3. The highest BCUT2D eigenvalue weighted by molar-refractivity contribution is 8.35. The van der Waals surface area contributed by atoms with E-state index in [1.54, 1.807) is 0 Å². The highest BCUT2D eigenvalue weighted by atomic mass is 32.3. The van der Waals surface area contributed by atoms with E-state index < -0.39 is 10.0 Å². The smallest absolute Gasteiger partial charge is 0.138 e. The van der Waals surface area contributed by atoms with Crippen LogP contribution in [0.1, 0.15) is 11.3 Å². The summed E-state index contributed by atoms with van der Waals surface area (Å²) in [7, 11) is -0.877. The van der Waals surface area contributed by atoms with E-state index in [1.807, 2.05) is 24.4 Å². The van der Waals surface area contributed by atoms with Crippen LogP contribution in [0, 0.1) is 18.1 Å². The maximum atomic E-state index is 4.78. The Hall–Kier alpha value is -2.18. The highest BCUT2D eigenvalue weighted by Crippen LogP contribution is 2.33. The number of benzene rings is 1. The molecule has 0 saturated heterocycles. The molecule has 3 aromatic rings. The summed E-state index contributed by atoms with van der Waals surface area (Å²) in [6.45, 7) is 2.09. The zero-order chi connectivity index (χ0) is 15.7. The first-order valence-corrected chi connectivity index (χ1v) is 10.0. The van der Waals surface area contributed by atoms with Crippen molar-refractivity contribution >= 4 is 15.7 Å². The fourth-order valence-electron chi connectivity index (χ4n) is 2.23. The van der Waals surface area contributed by atoms with Gasteiger partial charge in [0, 0.05) is 11.8 Å².